The Morgan fingerprint density at radius 1 is 0.842 bits per heavy atom. The molecule has 0 saturated carbocycles. The van der Waals surface area contributed by atoms with Crippen LogP contribution in [-0.2, 0) is 11.3 Å². The summed E-state index contributed by atoms with van der Waals surface area (Å²) in [5.74, 6) is 3.10. The molecule has 3 nitrogen and oxygen atoms in total. The first-order valence-corrected chi connectivity index (χ1v) is 15.0. The highest BCUT2D eigenvalue weighted by Crippen LogP contribution is 2.33. The third-order valence-electron chi connectivity index (χ3n) is 6.86. The Balaban J connectivity index is 0.00000161. The maximum Gasteiger partial charge on any atom is 0.127 e. The molecule has 3 aromatic carbocycles. The molecule has 4 heteroatoms. The lowest BCUT2D eigenvalue weighted by Crippen LogP contribution is -2.12. The highest BCUT2D eigenvalue weighted by molar-refractivity contribution is 7.16. The number of benzene rings is 3. The molecule has 0 aliphatic rings. The Morgan fingerprint density at radius 2 is 1.50 bits per heavy atom. The summed E-state index contributed by atoms with van der Waals surface area (Å²) in [6.45, 7) is 12.6. The molecule has 0 saturated heterocycles. The summed E-state index contributed by atoms with van der Waals surface area (Å²) in [6.07, 6.45) is 6.16. The van der Waals surface area contributed by atoms with Gasteiger partial charge in [-0.15, -0.1) is 9.24 Å². The van der Waals surface area contributed by atoms with Crippen molar-refractivity contribution in [3.05, 3.63) is 83.4 Å². The van der Waals surface area contributed by atoms with Crippen LogP contribution in [0.15, 0.2) is 66.7 Å². The van der Waals surface area contributed by atoms with Crippen LogP contribution < -0.4 is 9.47 Å². The molecule has 0 heterocycles. The van der Waals surface area contributed by atoms with Crippen molar-refractivity contribution < 1.29 is 14.2 Å². The van der Waals surface area contributed by atoms with E-state index in [0.717, 1.165) is 22.6 Å². The maximum atomic E-state index is 6.18. The smallest absolute Gasteiger partial charge is 0.127 e. The molecular weight excluding hydrogens is 487 g/mol. The van der Waals surface area contributed by atoms with Gasteiger partial charge in [-0.2, -0.15) is 0 Å². The first-order chi connectivity index (χ1) is 18.5. The van der Waals surface area contributed by atoms with Crippen LogP contribution in [0.1, 0.15) is 76.0 Å². The zero-order valence-corrected chi connectivity index (χ0v) is 25.6. The molecule has 0 amide bonds. The van der Waals surface area contributed by atoms with E-state index in [9.17, 15) is 0 Å². The lowest BCUT2D eigenvalue weighted by Gasteiger charge is -2.23. The van der Waals surface area contributed by atoms with Crippen LogP contribution in [0, 0.1) is 12.8 Å². The Bertz CT molecular complexity index is 1030. The van der Waals surface area contributed by atoms with Crippen LogP contribution in [0.4, 0.5) is 0 Å². The number of hydrogen-bond acceptors (Lipinski definition) is 3. The van der Waals surface area contributed by atoms with Gasteiger partial charge in [-0.1, -0.05) is 89.4 Å². The third kappa shape index (κ3) is 10.1. The second-order valence-electron chi connectivity index (χ2n) is 9.89. The van der Waals surface area contributed by atoms with Crippen molar-refractivity contribution in [3.8, 4) is 22.6 Å². The van der Waals surface area contributed by atoms with E-state index >= 15 is 0 Å². The zero-order valence-electron chi connectivity index (χ0n) is 24.5. The number of methoxy groups -OCH3 is 1. The van der Waals surface area contributed by atoms with E-state index in [0.29, 0.717) is 31.7 Å². The van der Waals surface area contributed by atoms with Crippen molar-refractivity contribution in [2.24, 2.45) is 5.92 Å². The van der Waals surface area contributed by atoms with Crippen molar-refractivity contribution in [3.63, 3.8) is 0 Å². The van der Waals surface area contributed by atoms with Crippen molar-refractivity contribution in [1.82, 2.24) is 0 Å². The minimum atomic E-state index is 0.482. The van der Waals surface area contributed by atoms with Crippen LogP contribution in [-0.4, -0.2) is 26.5 Å². The minimum absolute atomic E-state index is 0.482. The topological polar surface area (TPSA) is 27.7 Å². The first-order valence-electron chi connectivity index (χ1n) is 14.2. The van der Waals surface area contributed by atoms with Crippen LogP contribution in [0.2, 0.25) is 0 Å². The molecule has 0 spiro atoms. The molecule has 0 radical (unpaired) electrons. The van der Waals surface area contributed by atoms with E-state index in [1.807, 2.05) is 6.07 Å². The molecule has 0 N–H and O–H groups in total. The van der Waals surface area contributed by atoms with Gasteiger partial charge in [0.25, 0.3) is 0 Å². The molecule has 3 unspecified atom stereocenters. The minimum Gasteiger partial charge on any atom is -0.490 e. The maximum absolute atomic E-state index is 6.18. The molecule has 3 rings (SSSR count). The summed E-state index contributed by atoms with van der Waals surface area (Å²) in [5, 5.41) is 0. The predicted octanol–water partition coefficient (Wildman–Crippen LogP) is 9.47. The lowest BCUT2D eigenvalue weighted by atomic mass is 9.82. The number of hydrogen-bond donors (Lipinski definition) is 0. The number of aryl methyl sites for hydroxylation is 1. The second-order valence-corrected chi connectivity index (χ2v) is 10.7. The second kappa shape index (κ2) is 18.0. The SMILES string of the molecule is CCCCC(c1ccc(OCCOc2c(C)cc(-c3ccccc3)cc2COC)cc1)C(C)CC.CCP. The summed E-state index contributed by atoms with van der Waals surface area (Å²) < 4.78 is 17.6. The highest BCUT2D eigenvalue weighted by atomic mass is 31.0. The molecule has 3 aromatic rings. The summed E-state index contributed by atoms with van der Waals surface area (Å²) in [5.41, 5.74) is 5.95. The normalized spacial score (nSPS) is 12.3. The average Bonchev–Trinajstić information content (AvgIpc) is 2.94. The predicted molar refractivity (Wildman–Crippen MR) is 167 cm³/mol. The van der Waals surface area contributed by atoms with Gasteiger partial charge in [0.2, 0.25) is 0 Å². The molecular formula is C34H49O3P. The fourth-order valence-electron chi connectivity index (χ4n) is 4.72. The number of rotatable bonds is 14. The van der Waals surface area contributed by atoms with Gasteiger partial charge in [0.05, 0.1) is 6.61 Å². The molecule has 0 aromatic heterocycles. The Hall–Kier alpha value is -2.35. The van der Waals surface area contributed by atoms with Gasteiger partial charge in [0, 0.05) is 12.7 Å². The summed E-state index contributed by atoms with van der Waals surface area (Å²) in [7, 11) is 4.30. The summed E-state index contributed by atoms with van der Waals surface area (Å²) in [6, 6.07) is 23.4. The molecule has 3 atom stereocenters. The summed E-state index contributed by atoms with van der Waals surface area (Å²) >= 11 is 0. The van der Waals surface area contributed by atoms with E-state index in [1.54, 1.807) is 7.11 Å². The number of ether oxygens (including phenoxy) is 3. The van der Waals surface area contributed by atoms with Gasteiger partial charge in [-0.25, -0.2) is 0 Å². The number of unbranched alkanes of at least 4 members (excludes halogenated alkanes) is 1. The van der Waals surface area contributed by atoms with Gasteiger partial charge in [-0.05, 0) is 77.9 Å². The molecule has 0 aliphatic heterocycles. The van der Waals surface area contributed by atoms with Gasteiger partial charge in [0.1, 0.15) is 24.7 Å². The van der Waals surface area contributed by atoms with Crippen molar-refractivity contribution in [2.75, 3.05) is 26.5 Å². The quantitative estimate of drug-likeness (QED) is 0.152. The van der Waals surface area contributed by atoms with Crippen LogP contribution in [0.5, 0.6) is 11.5 Å². The van der Waals surface area contributed by atoms with Gasteiger partial charge >= 0.3 is 0 Å². The molecule has 0 aliphatic carbocycles. The Labute approximate surface area is 234 Å². The van der Waals surface area contributed by atoms with Crippen molar-refractivity contribution >= 4 is 9.24 Å². The van der Waals surface area contributed by atoms with Gasteiger partial charge < -0.3 is 14.2 Å². The standard InChI is InChI=1S/C32H42O3.C2H7P/c1-6-8-14-31(24(3)7-2)27-15-17-30(18-16-27)34-19-20-35-32-25(4)21-28(22-29(32)23-33-5)26-12-10-9-11-13-26;1-2-3/h9-13,15-18,21-22,24,31H,6-8,14,19-20,23H2,1-5H3;2-3H2,1H3. The van der Waals surface area contributed by atoms with E-state index in [-0.39, 0.29) is 0 Å². The third-order valence-corrected chi connectivity index (χ3v) is 6.86. The molecule has 0 fully saturated rings. The fourth-order valence-corrected chi connectivity index (χ4v) is 4.72. The Morgan fingerprint density at radius 3 is 2.11 bits per heavy atom. The van der Waals surface area contributed by atoms with Crippen LogP contribution >= 0.6 is 9.24 Å². The highest BCUT2D eigenvalue weighted by Gasteiger charge is 2.17. The van der Waals surface area contributed by atoms with E-state index in [1.165, 1.54) is 48.5 Å². The molecule has 0 bridgehead atoms. The van der Waals surface area contributed by atoms with Gasteiger partial charge in [-0.3, -0.25) is 0 Å². The summed E-state index contributed by atoms with van der Waals surface area (Å²) in [4.78, 5) is 0. The van der Waals surface area contributed by atoms with E-state index in [2.05, 4.69) is 105 Å². The largest absolute Gasteiger partial charge is 0.490 e. The van der Waals surface area contributed by atoms with Crippen LogP contribution in [0.25, 0.3) is 11.1 Å². The van der Waals surface area contributed by atoms with Crippen molar-refractivity contribution in [2.45, 2.75) is 72.8 Å². The molecule has 208 valence electrons. The van der Waals surface area contributed by atoms with Crippen LogP contribution in [0.3, 0.4) is 0 Å². The van der Waals surface area contributed by atoms with Gasteiger partial charge in [0.15, 0.2) is 0 Å². The van der Waals surface area contributed by atoms with Crippen molar-refractivity contribution in [1.29, 1.82) is 0 Å². The fraction of sp³-hybridized carbons (Fsp3) is 0.471. The van der Waals surface area contributed by atoms with E-state index in [4.69, 9.17) is 14.2 Å². The molecule has 38 heavy (non-hydrogen) atoms. The first kappa shape index (κ1) is 31.9. The zero-order chi connectivity index (χ0) is 27.8. The monoisotopic (exact) mass is 536 g/mol. The average molecular weight is 537 g/mol. The Kier molecular flexibility index (Phi) is 15.1. The van der Waals surface area contributed by atoms with E-state index < -0.39 is 0 Å². The lowest BCUT2D eigenvalue weighted by molar-refractivity contribution is 0.174.